The average Bonchev–Trinajstić information content (AvgIpc) is 1.88. The van der Waals surface area contributed by atoms with E-state index >= 15 is 0 Å². The zero-order valence-electron chi connectivity index (χ0n) is 4.80. The molecule has 10 heavy (non-hydrogen) atoms. The minimum atomic E-state index is -4.23. The van der Waals surface area contributed by atoms with E-state index in [1.807, 2.05) is 0 Å². The van der Waals surface area contributed by atoms with Crippen LogP contribution in [0.25, 0.3) is 0 Å². The first-order valence-electron chi connectivity index (χ1n) is 2.51. The third-order valence-corrected chi connectivity index (χ3v) is 1.51. The van der Waals surface area contributed by atoms with Crippen LogP contribution in [0.15, 0.2) is 16.5 Å². The van der Waals surface area contributed by atoms with Gasteiger partial charge in [0.05, 0.1) is 5.55 Å². The first-order valence-corrected chi connectivity index (χ1v) is 3.45. The van der Waals surface area contributed by atoms with Crippen molar-refractivity contribution in [3.05, 3.63) is 11.5 Å². The van der Waals surface area contributed by atoms with Gasteiger partial charge in [0.25, 0.3) is 0 Å². The van der Waals surface area contributed by atoms with Gasteiger partial charge < -0.3 is 0 Å². The molecule has 0 saturated heterocycles. The number of alkyl halides is 3. The lowest BCUT2D eigenvalue weighted by atomic mass is 10.3. The van der Waals surface area contributed by atoms with Crippen LogP contribution in [0.5, 0.6) is 0 Å². The molecule has 0 spiro atoms. The predicted molar refractivity (Wildman–Crippen MR) is 35.1 cm³/mol. The molecule has 5 heteroatoms. The van der Waals surface area contributed by atoms with Gasteiger partial charge in [-0.25, -0.2) is 0 Å². The number of halogens is 3. The van der Waals surface area contributed by atoms with Crippen LogP contribution >= 0.6 is 11.8 Å². The highest BCUT2D eigenvalue weighted by Crippen LogP contribution is 2.26. The summed E-state index contributed by atoms with van der Waals surface area (Å²) >= 11 is 1.14. The van der Waals surface area contributed by atoms with Crippen molar-refractivity contribution in [3.8, 4) is 0 Å². The summed E-state index contributed by atoms with van der Waals surface area (Å²) in [6.07, 6.45) is -3.20. The Labute approximate surface area is 60.0 Å². The molecular weight excluding hydrogens is 163 g/mol. The van der Waals surface area contributed by atoms with Gasteiger partial charge in [-0.1, -0.05) is 11.8 Å². The lowest BCUT2D eigenvalue weighted by molar-refractivity contribution is -0.136. The summed E-state index contributed by atoms with van der Waals surface area (Å²) in [5.41, 5.74) is 1.19. The second-order valence-electron chi connectivity index (χ2n) is 1.71. The largest absolute Gasteiger partial charge is 0.414 e. The van der Waals surface area contributed by atoms with Gasteiger partial charge in [-0.2, -0.15) is 13.2 Å². The van der Waals surface area contributed by atoms with E-state index in [2.05, 4.69) is 4.99 Å². The number of thioether (sulfide) groups is 1. The zero-order chi connectivity index (χ0) is 7.61. The maximum atomic E-state index is 11.8. The van der Waals surface area contributed by atoms with Gasteiger partial charge in [0.15, 0.2) is 6.04 Å². The summed E-state index contributed by atoms with van der Waals surface area (Å²) in [7, 11) is 0. The van der Waals surface area contributed by atoms with E-state index < -0.39 is 12.2 Å². The van der Waals surface area contributed by atoms with Gasteiger partial charge in [0.2, 0.25) is 0 Å². The molecule has 1 atom stereocenters. The lowest BCUT2D eigenvalue weighted by Crippen LogP contribution is -2.25. The van der Waals surface area contributed by atoms with Crippen molar-refractivity contribution in [2.45, 2.75) is 12.2 Å². The van der Waals surface area contributed by atoms with Crippen molar-refractivity contribution < 1.29 is 13.2 Å². The van der Waals surface area contributed by atoms with Gasteiger partial charge in [-0.05, 0) is 11.5 Å². The summed E-state index contributed by atoms with van der Waals surface area (Å²) < 4.78 is 35.3. The molecule has 1 aliphatic heterocycles. The Kier molecular flexibility index (Phi) is 2.03. The van der Waals surface area contributed by atoms with E-state index in [0.717, 1.165) is 17.8 Å². The summed E-state index contributed by atoms with van der Waals surface area (Å²) in [4.78, 5) is 3.23. The van der Waals surface area contributed by atoms with Gasteiger partial charge in [0, 0.05) is 0 Å². The number of nitrogens with zero attached hydrogens (tertiary/aromatic N) is 1. The monoisotopic (exact) mass is 167 g/mol. The van der Waals surface area contributed by atoms with Crippen molar-refractivity contribution in [1.29, 1.82) is 0 Å². The van der Waals surface area contributed by atoms with E-state index in [0.29, 0.717) is 0 Å². The molecule has 0 radical (unpaired) electrons. The fraction of sp³-hybridized carbons (Fsp3) is 0.400. The maximum Gasteiger partial charge on any atom is 0.414 e. The first kappa shape index (κ1) is 7.65. The van der Waals surface area contributed by atoms with Crippen LogP contribution in [-0.2, 0) is 0 Å². The smallest absolute Gasteiger partial charge is 0.269 e. The van der Waals surface area contributed by atoms with Crippen molar-refractivity contribution in [3.63, 3.8) is 0 Å². The SMILES string of the molecule is FC(F)(F)C1C=CSC=N1. The molecule has 0 aromatic rings. The molecule has 0 aliphatic carbocycles. The van der Waals surface area contributed by atoms with E-state index in [1.165, 1.54) is 11.0 Å². The minimum absolute atomic E-state index is 1.03. The molecule has 0 saturated carbocycles. The lowest BCUT2D eigenvalue weighted by Gasteiger charge is -2.13. The fourth-order valence-electron chi connectivity index (χ4n) is 0.499. The third-order valence-electron chi connectivity index (χ3n) is 0.957. The van der Waals surface area contributed by atoms with Crippen molar-refractivity contribution in [2.24, 2.45) is 4.99 Å². The molecule has 0 amide bonds. The van der Waals surface area contributed by atoms with E-state index in [1.54, 1.807) is 0 Å². The highest BCUT2D eigenvalue weighted by molar-refractivity contribution is 8.14. The Morgan fingerprint density at radius 1 is 1.40 bits per heavy atom. The summed E-state index contributed by atoms with van der Waals surface area (Å²) in [6, 6.07) is -1.63. The van der Waals surface area contributed by atoms with Crippen LogP contribution in [0.3, 0.4) is 0 Å². The fourth-order valence-corrected chi connectivity index (χ4v) is 1.01. The molecule has 0 aromatic heterocycles. The van der Waals surface area contributed by atoms with Crippen LogP contribution in [0, 0.1) is 0 Å². The summed E-state index contributed by atoms with van der Waals surface area (Å²) in [6.45, 7) is 0. The summed E-state index contributed by atoms with van der Waals surface area (Å²) in [5.74, 6) is 0. The van der Waals surface area contributed by atoms with E-state index in [4.69, 9.17) is 0 Å². The molecule has 0 bridgehead atoms. The van der Waals surface area contributed by atoms with Crippen molar-refractivity contribution in [1.82, 2.24) is 0 Å². The van der Waals surface area contributed by atoms with E-state index in [9.17, 15) is 13.2 Å². The third kappa shape index (κ3) is 1.76. The Bertz CT molecular complexity index is 160. The number of aliphatic imine (C=N–C) groups is 1. The Hall–Kier alpha value is -0.450. The predicted octanol–water partition coefficient (Wildman–Crippen LogP) is 2.21. The Morgan fingerprint density at radius 3 is 2.40 bits per heavy atom. The van der Waals surface area contributed by atoms with Crippen LogP contribution in [-0.4, -0.2) is 17.8 Å². The summed E-state index contributed by atoms with van der Waals surface area (Å²) in [5, 5.41) is 1.38. The second kappa shape index (κ2) is 2.65. The highest BCUT2D eigenvalue weighted by atomic mass is 32.2. The van der Waals surface area contributed by atoms with Crippen LogP contribution in [0.1, 0.15) is 0 Å². The maximum absolute atomic E-state index is 11.8. The molecule has 0 fully saturated rings. The molecule has 56 valence electrons. The number of hydrogen-bond donors (Lipinski definition) is 0. The van der Waals surface area contributed by atoms with Crippen molar-refractivity contribution >= 4 is 17.3 Å². The Morgan fingerprint density at radius 2 is 2.10 bits per heavy atom. The van der Waals surface area contributed by atoms with Crippen molar-refractivity contribution in [2.75, 3.05) is 0 Å². The molecule has 1 aliphatic rings. The van der Waals surface area contributed by atoms with Gasteiger partial charge in [-0.15, -0.1) is 0 Å². The normalized spacial score (nSPS) is 25.3. The first-order chi connectivity index (χ1) is 4.61. The standard InChI is InChI=1S/C5H4F3NS/c6-5(7,8)4-1-2-10-3-9-4/h1-4H. The van der Waals surface area contributed by atoms with Crippen LogP contribution < -0.4 is 0 Å². The van der Waals surface area contributed by atoms with Gasteiger partial charge in [-0.3, -0.25) is 4.99 Å². The topological polar surface area (TPSA) is 12.4 Å². The quantitative estimate of drug-likeness (QED) is 0.538. The van der Waals surface area contributed by atoms with Gasteiger partial charge >= 0.3 is 6.18 Å². The van der Waals surface area contributed by atoms with Crippen LogP contribution in [0.2, 0.25) is 0 Å². The average molecular weight is 167 g/mol. The molecule has 1 heterocycles. The van der Waals surface area contributed by atoms with Gasteiger partial charge in [0.1, 0.15) is 0 Å². The Balaban J connectivity index is 2.64. The van der Waals surface area contributed by atoms with Crippen LogP contribution in [0.4, 0.5) is 13.2 Å². The second-order valence-corrected chi connectivity index (χ2v) is 2.46. The van der Waals surface area contributed by atoms with E-state index in [-0.39, 0.29) is 0 Å². The minimum Gasteiger partial charge on any atom is -0.269 e. The molecule has 1 nitrogen and oxygen atoms in total. The highest BCUT2D eigenvalue weighted by Gasteiger charge is 2.37. The number of rotatable bonds is 0. The molecule has 0 aromatic carbocycles. The molecular formula is C5H4F3NS. The molecule has 1 rings (SSSR count). The number of hydrogen-bond acceptors (Lipinski definition) is 2. The molecule has 1 unspecified atom stereocenters. The zero-order valence-corrected chi connectivity index (χ0v) is 5.62. The molecule has 0 N–H and O–H groups in total.